The number of likely N-dealkylation sites (tertiary alicyclic amines) is 1. The number of hydrogen-bond donors (Lipinski definition) is 2. The van der Waals surface area contributed by atoms with Gasteiger partial charge >= 0.3 is 0 Å². The quantitative estimate of drug-likeness (QED) is 0.811. The second-order valence-corrected chi connectivity index (χ2v) is 7.51. The molecule has 1 unspecified atom stereocenters. The lowest BCUT2D eigenvalue weighted by Gasteiger charge is -2.30. The molecule has 1 aliphatic heterocycles. The number of aryl methyl sites for hydroxylation is 1. The van der Waals surface area contributed by atoms with Crippen molar-refractivity contribution in [3.8, 4) is 5.75 Å². The van der Waals surface area contributed by atoms with Crippen LogP contribution < -0.4 is 10.5 Å². The molecule has 0 spiro atoms. The number of amides is 1. The lowest BCUT2D eigenvalue weighted by Crippen LogP contribution is -2.37. The Kier molecular flexibility index (Phi) is 6.24. The molecule has 1 saturated heterocycles. The SMILES string of the molecule is Cc1ccc(C(=O)N2CCC(O)CC(C)(C)C2)cc1OCCCN. The first kappa shape index (κ1) is 18.7. The molecule has 1 aromatic carbocycles. The van der Waals surface area contributed by atoms with Gasteiger partial charge < -0.3 is 20.5 Å². The van der Waals surface area contributed by atoms with Gasteiger partial charge in [-0.2, -0.15) is 0 Å². The third-order valence-electron chi connectivity index (χ3n) is 4.47. The Balaban J connectivity index is 2.15. The molecule has 1 heterocycles. The molecule has 5 heteroatoms. The average Bonchev–Trinajstić information content (AvgIpc) is 2.65. The molecule has 0 radical (unpaired) electrons. The normalized spacial score (nSPS) is 20.5. The van der Waals surface area contributed by atoms with E-state index in [0.29, 0.717) is 38.2 Å². The molecule has 0 aromatic heterocycles. The smallest absolute Gasteiger partial charge is 0.254 e. The Bertz CT molecular complexity index is 572. The molecule has 1 atom stereocenters. The minimum Gasteiger partial charge on any atom is -0.493 e. The largest absolute Gasteiger partial charge is 0.493 e. The first-order valence-electron chi connectivity index (χ1n) is 8.73. The maximum absolute atomic E-state index is 12.9. The van der Waals surface area contributed by atoms with E-state index < -0.39 is 0 Å². The summed E-state index contributed by atoms with van der Waals surface area (Å²) >= 11 is 0. The highest BCUT2D eigenvalue weighted by molar-refractivity contribution is 5.94. The minimum atomic E-state index is -0.342. The standard InChI is InChI=1S/C19H30N2O3/c1-14-5-6-15(11-17(14)24-10-4-8-20)18(23)21-9-7-16(22)12-19(2,3)13-21/h5-6,11,16,22H,4,7-10,12-13,20H2,1-3H3. The fraction of sp³-hybridized carbons (Fsp3) is 0.632. The highest BCUT2D eigenvalue weighted by Crippen LogP contribution is 2.29. The molecule has 1 fully saturated rings. The first-order valence-corrected chi connectivity index (χ1v) is 8.73. The van der Waals surface area contributed by atoms with Crippen LogP contribution in [-0.4, -0.2) is 48.3 Å². The van der Waals surface area contributed by atoms with Gasteiger partial charge in [0.25, 0.3) is 5.91 Å². The van der Waals surface area contributed by atoms with E-state index in [-0.39, 0.29) is 17.4 Å². The number of ether oxygens (including phenoxy) is 1. The molecule has 134 valence electrons. The van der Waals surface area contributed by atoms with E-state index in [4.69, 9.17) is 10.5 Å². The number of benzene rings is 1. The number of aliphatic hydroxyl groups is 1. The predicted molar refractivity (Wildman–Crippen MR) is 95.3 cm³/mol. The molecule has 0 aliphatic carbocycles. The van der Waals surface area contributed by atoms with E-state index in [2.05, 4.69) is 13.8 Å². The van der Waals surface area contributed by atoms with Gasteiger partial charge in [-0.05, 0) is 55.8 Å². The molecule has 1 aromatic rings. The van der Waals surface area contributed by atoms with Crippen molar-refractivity contribution >= 4 is 5.91 Å². The monoisotopic (exact) mass is 334 g/mol. The van der Waals surface area contributed by atoms with E-state index in [9.17, 15) is 9.90 Å². The second kappa shape index (κ2) is 7.99. The van der Waals surface area contributed by atoms with Gasteiger partial charge in [0, 0.05) is 18.7 Å². The Hall–Kier alpha value is -1.59. The van der Waals surface area contributed by atoms with Crippen LogP contribution in [0.4, 0.5) is 0 Å². The van der Waals surface area contributed by atoms with Crippen molar-refractivity contribution in [2.24, 2.45) is 11.1 Å². The molecule has 2 rings (SSSR count). The Morgan fingerprint density at radius 2 is 2.21 bits per heavy atom. The molecular weight excluding hydrogens is 304 g/mol. The van der Waals surface area contributed by atoms with Crippen LogP contribution in [0.2, 0.25) is 0 Å². The van der Waals surface area contributed by atoms with Crippen LogP contribution in [-0.2, 0) is 0 Å². The van der Waals surface area contributed by atoms with E-state index in [0.717, 1.165) is 24.2 Å². The van der Waals surface area contributed by atoms with Gasteiger partial charge in [-0.15, -0.1) is 0 Å². The van der Waals surface area contributed by atoms with E-state index >= 15 is 0 Å². The zero-order valence-corrected chi connectivity index (χ0v) is 15.0. The van der Waals surface area contributed by atoms with Crippen LogP contribution in [0, 0.1) is 12.3 Å². The van der Waals surface area contributed by atoms with Crippen LogP contribution >= 0.6 is 0 Å². The molecular formula is C19H30N2O3. The number of carbonyl (C=O) groups excluding carboxylic acids is 1. The van der Waals surface area contributed by atoms with E-state index in [1.54, 1.807) is 0 Å². The van der Waals surface area contributed by atoms with Crippen molar-refractivity contribution in [2.45, 2.75) is 46.1 Å². The zero-order chi connectivity index (χ0) is 17.7. The number of carbonyl (C=O) groups is 1. The maximum atomic E-state index is 12.9. The van der Waals surface area contributed by atoms with Crippen molar-refractivity contribution in [3.63, 3.8) is 0 Å². The summed E-state index contributed by atoms with van der Waals surface area (Å²) in [6.07, 6.45) is 1.79. The lowest BCUT2D eigenvalue weighted by atomic mass is 9.87. The predicted octanol–water partition coefficient (Wildman–Crippen LogP) is 2.35. The van der Waals surface area contributed by atoms with E-state index in [1.165, 1.54) is 0 Å². The molecule has 0 saturated carbocycles. The fourth-order valence-corrected chi connectivity index (χ4v) is 3.22. The number of nitrogens with two attached hydrogens (primary N) is 1. The summed E-state index contributed by atoms with van der Waals surface area (Å²) in [4.78, 5) is 14.8. The van der Waals surface area contributed by atoms with Crippen LogP contribution in [0.15, 0.2) is 18.2 Å². The van der Waals surface area contributed by atoms with Gasteiger partial charge in [0.15, 0.2) is 0 Å². The van der Waals surface area contributed by atoms with Crippen molar-refractivity contribution < 1.29 is 14.6 Å². The van der Waals surface area contributed by atoms with Crippen LogP contribution in [0.25, 0.3) is 0 Å². The molecule has 1 aliphatic rings. The van der Waals surface area contributed by atoms with Crippen molar-refractivity contribution in [3.05, 3.63) is 29.3 Å². The summed E-state index contributed by atoms with van der Waals surface area (Å²) in [5, 5.41) is 10.0. The maximum Gasteiger partial charge on any atom is 0.254 e. The van der Waals surface area contributed by atoms with Crippen molar-refractivity contribution in [2.75, 3.05) is 26.2 Å². The van der Waals surface area contributed by atoms with E-state index in [1.807, 2.05) is 30.0 Å². The molecule has 5 nitrogen and oxygen atoms in total. The summed E-state index contributed by atoms with van der Waals surface area (Å²) in [5.74, 6) is 0.740. The number of aliphatic hydroxyl groups excluding tert-OH is 1. The van der Waals surface area contributed by atoms with Crippen molar-refractivity contribution in [1.29, 1.82) is 0 Å². The molecule has 0 bridgehead atoms. The number of rotatable bonds is 5. The summed E-state index contributed by atoms with van der Waals surface area (Å²) in [7, 11) is 0. The van der Waals surface area contributed by atoms with Gasteiger partial charge in [-0.3, -0.25) is 4.79 Å². The Morgan fingerprint density at radius 3 is 2.92 bits per heavy atom. The summed E-state index contributed by atoms with van der Waals surface area (Å²) in [5.41, 5.74) is 7.05. The van der Waals surface area contributed by atoms with Gasteiger partial charge in [-0.25, -0.2) is 0 Å². The van der Waals surface area contributed by atoms with Crippen LogP contribution in [0.1, 0.15) is 49.0 Å². The topological polar surface area (TPSA) is 75.8 Å². The molecule has 1 amide bonds. The fourth-order valence-electron chi connectivity index (χ4n) is 3.22. The molecule has 24 heavy (non-hydrogen) atoms. The minimum absolute atomic E-state index is 0.000787. The van der Waals surface area contributed by atoms with Gasteiger partial charge in [0.1, 0.15) is 5.75 Å². The van der Waals surface area contributed by atoms with Gasteiger partial charge in [-0.1, -0.05) is 19.9 Å². The number of hydrogen-bond acceptors (Lipinski definition) is 4. The summed E-state index contributed by atoms with van der Waals surface area (Å²) in [6, 6.07) is 5.59. The Morgan fingerprint density at radius 1 is 1.46 bits per heavy atom. The summed E-state index contributed by atoms with van der Waals surface area (Å²) in [6.45, 7) is 8.54. The lowest BCUT2D eigenvalue weighted by molar-refractivity contribution is 0.0704. The third-order valence-corrected chi connectivity index (χ3v) is 4.47. The first-order chi connectivity index (χ1) is 11.3. The highest BCUT2D eigenvalue weighted by atomic mass is 16.5. The van der Waals surface area contributed by atoms with Crippen LogP contribution in [0.3, 0.4) is 0 Å². The number of nitrogens with zero attached hydrogens (tertiary/aromatic N) is 1. The highest BCUT2D eigenvalue weighted by Gasteiger charge is 2.31. The average molecular weight is 334 g/mol. The van der Waals surface area contributed by atoms with Crippen LogP contribution in [0.5, 0.6) is 5.75 Å². The zero-order valence-electron chi connectivity index (χ0n) is 15.0. The van der Waals surface area contributed by atoms with Gasteiger partial charge in [0.05, 0.1) is 12.7 Å². The summed E-state index contributed by atoms with van der Waals surface area (Å²) < 4.78 is 5.75. The third kappa shape index (κ3) is 4.95. The molecule has 3 N–H and O–H groups in total. The van der Waals surface area contributed by atoms with Gasteiger partial charge in [0.2, 0.25) is 0 Å². The second-order valence-electron chi connectivity index (χ2n) is 7.51. The van der Waals surface area contributed by atoms with Crippen molar-refractivity contribution in [1.82, 2.24) is 4.90 Å². The Labute approximate surface area is 144 Å².